The Balaban J connectivity index is 1.74. The molecule has 0 aromatic carbocycles. The maximum Gasteiger partial charge on any atom is 0.155 e. The van der Waals surface area contributed by atoms with Gasteiger partial charge < -0.3 is 9.88 Å². The quantitative estimate of drug-likeness (QED) is 0.780. The van der Waals surface area contributed by atoms with Crippen LogP contribution in [0, 0.1) is 0 Å². The Morgan fingerprint density at radius 1 is 1.29 bits per heavy atom. The van der Waals surface area contributed by atoms with Gasteiger partial charge in [0.2, 0.25) is 0 Å². The number of hydrogen-bond donors (Lipinski definition) is 1. The molecule has 6 nitrogen and oxygen atoms in total. The Morgan fingerprint density at radius 3 is 2.90 bits per heavy atom. The average Bonchev–Trinajstić information content (AvgIpc) is 3.17. The van der Waals surface area contributed by atoms with E-state index in [1.807, 2.05) is 6.20 Å². The van der Waals surface area contributed by atoms with Crippen LogP contribution < -0.4 is 0 Å². The number of aromatic nitrogens is 5. The molecule has 3 aromatic rings. The lowest BCUT2D eigenvalue weighted by Gasteiger charge is -2.28. The van der Waals surface area contributed by atoms with Crippen molar-refractivity contribution >= 4 is 10.9 Å². The van der Waals surface area contributed by atoms with Crippen LogP contribution in [0.25, 0.3) is 16.7 Å². The Labute approximate surface area is 122 Å². The first-order valence-corrected chi connectivity index (χ1v) is 7.32. The van der Waals surface area contributed by atoms with Gasteiger partial charge in [-0.25, -0.2) is 14.6 Å². The molecule has 0 spiro atoms. The second-order valence-corrected chi connectivity index (χ2v) is 5.75. The van der Waals surface area contributed by atoms with Crippen LogP contribution in [0.5, 0.6) is 0 Å². The molecule has 1 fully saturated rings. The van der Waals surface area contributed by atoms with E-state index in [4.69, 9.17) is 0 Å². The van der Waals surface area contributed by atoms with Crippen molar-refractivity contribution in [3.05, 3.63) is 36.7 Å². The molecular weight excluding hydrogens is 264 g/mol. The monoisotopic (exact) mass is 282 g/mol. The van der Waals surface area contributed by atoms with E-state index in [0.717, 1.165) is 11.3 Å². The van der Waals surface area contributed by atoms with E-state index in [1.165, 1.54) is 43.2 Å². The predicted octanol–water partition coefficient (Wildman–Crippen LogP) is 1.95. The van der Waals surface area contributed by atoms with E-state index < -0.39 is 0 Å². The summed E-state index contributed by atoms with van der Waals surface area (Å²) in [5.41, 5.74) is 2.50. The van der Waals surface area contributed by atoms with Gasteiger partial charge in [0, 0.05) is 11.6 Å². The molecule has 4 rings (SSSR count). The molecule has 0 atom stereocenters. The molecule has 1 N–H and O–H groups in total. The molecule has 0 radical (unpaired) electrons. The summed E-state index contributed by atoms with van der Waals surface area (Å²) >= 11 is 0. The van der Waals surface area contributed by atoms with E-state index >= 15 is 0 Å². The second kappa shape index (κ2) is 4.96. The highest BCUT2D eigenvalue weighted by Gasteiger charge is 2.21. The van der Waals surface area contributed by atoms with Crippen molar-refractivity contribution in [2.45, 2.75) is 18.8 Å². The Hall–Kier alpha value is -2.21. The smallest absolute Gasteiger partial charge is 0.155 e. The van der Waals surface area contributed by atoms with Crippen molar-refractivity contribution in [3.63, 3.8) is 0 Å². The topological polar surface area (TPSA) is 62.6 Å². The summed E-state index contributed by atoms with van der Waals surface area (Å²) in [4.78, 5) is 14.2. The number of piperidine rings is 1. The molecular formula is C15H18N6. The molecule has 3 aromatic heterocycles. The number of aromatic amines is 1. The summed E-state index contributed by atoms with van der Waals surface area (Å²) in [5.74, 6) is 1.44. The zero-order valence-electron chi connectivity index (χ0n) is 12.0. The van der Waals surface area contributed by atoms with Gasteiger partial charge in [-0.15, -0.1) is 0 Å². The summed E-state index contributed by atoms with van der Waals surface area (Å²) in [6.07, 6.45) is 9.66. The number of nitrogens with zero attached hydrogens (tertiary/aromatic N) is 5. The fourth-order valence-corrected chi connectivity index (χ4v) is 3.14. The number of pyridine rings is 1. The second-order valence-electron chi connectivity index (χ2n) is 5.75. The van der Waals surface area contributed by atoms with Crippen molar-refractivity contribution < 1.29 is 0 Å². The van der Waals surface area contributed by atoms with Gasteiger partial charge in [-0.3, -0.25) is 0 Å². The van der Waals surface area contributed by atoms with Gasteiger partial charge in [-0.05, 0) is 50.5 Å². The van der Waals surface area contributed by atoms with Gasteiger partial charge in [-0.1, -0.05) is 0 Å². The Morgan fingerprint density at radius 2 is 2.14 bits per heavy atom. The summed E-state index contributed by atoms with van der Waals surface area (Å²) in [5, 5.41) is 5.41. The lowest BCUT2D eigenvalue weighted by atomic mass is 9.89. The maximum atomic E-state index is 4.44. The molecule has 0 bridgehead atoms. The van der Waals surface area contributed by atoms with Crippen molar-refractivity contribution in [1.29, 1.82) is 0 Å². The third kappa shape index (κ3) is 2.21. The summed E-state index contributed by atoms with van der Waals surface area (Å²) in [6, 6.07) is 2.11. The first-order chi connectivity index (χ1) is 10.3. The number of likely N-dealkylation sites (tertiary alicyclic amines) is 1. The lowest BCUT2D eigenvalue weighted by Crippen LogP contribution is -2.29. The zero-order chi connectivity index (χ0) is 14.2. The third-order valence-electron chi connectivity index (χ3n) is 4.40. The number of H-pyrrole nitrogens is 1. The van der Waals surface area contributed by atoms with Crippen molar-refractivity contribution in [2.24, 2.45) is 0 Å². The van der Waals surface area contributed by atoms with Crippen LogP contribution in [0.4, 0.5) is 0 Å². The van der Waals surface area contributed by atoms with Gasteiger partial charge in [0.1, 0.15) is 12.7 Å². The molecule has 1 aliphatic rings. The van der Waals surface area contributed by atoms with Crippen molar-refractivity contribution in [2.75, 3.05) is 20.1 Å². The highest BCUT2D eigenvalue weighted by atomic mass is 15.3. The standard InChI is InChI=1S/C15H18N6/c1-20-4-2-11(3-5-20)13-7-17-14-8-18-15(6-12(13)14)21-10-16-9-19-21/h6-11,17H,2-5H2,1H3. The third-order valence-corrected chi connectivity index (χ3v) is 4.40. The van der Waals surface area contributed by atoms with E-state index in [2.05, 4.69) is 44.3 Å². The van der Waals surface area contributed by atoms with Gasteiger partial charge in [-0.2, -0.15) is 5.10 Å². The summed E-state index contributed by atoms with van der Waals surface area (Å²) in [6.45, 7) is 2.33. The molecule has 6 heteroatoms. The van der Waals surface area contributed by atoms with Crippen LogP contribution >= 0.6 is 0 Å². The molecule has 0 amide bonds. The van der Waals surface area contributed by atoms with E-state index in [1.54, 1.807) is 11.0 Å². The highest BCUT2D eigenvalue weighted by Crippen LogP contribution is 2.33. The van der Waals surface area contributed by atoms with Crippen LogP contribution in [0.15, 0.2) is 31.1 Å². The lowest BCUT2D eigenvalue weighted by molar-refractivity contribution is 0.256. The van der Waals surface area contributed by atoms with Crippen LogP contribution in [0.2, 0.25) is 0 Å². The minimum absolute atomic E-state index is 0.626. The molecule has 0 unspecified atom stereocenters. The van der Waals surface area contributed by atoms with Crippen molar-refractivity contribution in [3.8, 4) is 5.82 Å². The maximum absolute atomic E-state index is 4.44. The summed E-state index contributed by atoms with van der Waals surface area (Å²) in [7, 11) is 2.19. The number of nitrogens with one attached hydrogen (secondary N) is 1. The minimum atomic E-state index is 0.626. The van der Waals surface area contributed by atoms with E-state index in [9.17, 15) is 0 Å². The molecule has 0 saturated carbocycles. The Kier molecular flexibility index (Phi) is 2.96. The molecule has 0 aliphatic carbocycles. The van der Waals surface area contributed by atoms with Gasteiger partial charge in [0.05, 0.1) is 11.7 Å². The fourth-order valence-electron chi connectivity index (χ4n) is 3.14. The minimum Gasteiger partial charge on any atom is -0.360 e. The molecule has 1 aliphatic heterocycles. The average molecular weight is 282 g/mol. The van der Waals surface area contributed by atoms with E-state index in [0.29, 0.717) is 5.92 Å². The number of hydrogen-bond acceptors (Lipinski definition) is 4. The molecule has 4 heterocycles. The van der Waals surface area contributed by atoms with E-state index in [-0.39, 0.29) is 0 Å². The molecule has 21 heavy (non-hydrogen) atoms. The molecule has 1 saturated heterocycles. The van der Waals surface area contributed by atoms with Crippen LogP contribution in [-0.2, 0) is 0 Å². The molecule has 108 valence electrons. The predicted molar refractivity (Wildman–Crippen MR) is 80.5 cm³/mol. The van der Waals surface area contributed by atoms with Gasteiger partial charge >= 0.3 is 0 Å². The first kappa shape index (κ1) is 12.5. The van der Waals surface area contributed by atoms with Crippen molar-refractivity contribution in [1.82, 2.24) is 29.6 Å². The van der Waals surface area contributed by atoms with Crippen LogP contribution in [0.1, 0.15) is 24.3 Å². The van der Waals surface area contributed by atoms with Gasteiger partial charge in [0.25, 0.3) is 0 Å². The normalized spacial score (nSPS) is 17.6. The van der Waals surface area contributed by atoms with Crippen LogP contribution in [0.3, 0.4) is 0 Å². The SMILES string of the molecule is CN1CCC(c2c[nH]c3cnc(-n4cncn4)cc23)CC1. The largest absolute Gasteiger partial charge is 0.360 e. The first-order valence-electron chi connectivity index (χ1n) is 7.32. The zero-order valence-corrected chi connectivity index (χ0v) is 12.0. The Bertz CT molecular complexity index is 737. The summed E-state index contributed by atoms with van der Waals surface area (Å²) < 4.78 is 1.70. The number of fused-ring (bicyclic) bond motifs is 1. The van der Waals surface area contributed by atoms with Gasteiger partial charge in [0.15, 0.2) is 5.82 Å². The van der Waals surface area contributed by atoms with Crippen LogP contribution in [-0.4, -0.2) is 49.8 Å². The number of rotatable bonds is 2. The fraction of sp³-hybridized carbons (Fsp3) is 0.400. The highest BCUT2D eigenvalue weighted by molar-refractivity contribution is 5.84.